The molecule has 2 aromatic rings. The summed E-state index contributed by atoms with van der Waals surface area (Å²) in [7, 11) is 0. The number of piperidine rings is 1. The molecule has 2 aliphatic rings. The van der Waals surface area contributed by atoms with Crippen LogP contribution >= 0.6 is 0 Å². The fraction of sp³-hybridized carbons (Fsp3) is 0.556. The third-order valence-electron chi connectivity index (χ3n) is 6.92. The zero-order valence-electron chi connectivity index (χ0n) is 20.9. The molecule has 0 spiro atoms. The third kappa shape index (κ3) is 6.50. The van der Waals surface area contributed by atoms with Gasteiger partial charge in [0.25, 0.3) is 5.91 Å². The molecule has 2 bridgehead atoms. The van der Waals surface area contributed by atoms with E-state index in [0.717, 1.165) is 43.7 Å². The average molecular weight is 480 g/mol. The zero-order valence-corrected chi connectivity index (χ0v) is 20.9. The Hall–Kier alpha value is -3.16. The van der Waals surface area contributed by atoms with Gasteiger partial charge in [0.05, 0.1) is 6.54 Å². The van der Waals surface area contributed by atoms with Crippen molar-refractivity contribution in [3.63, 3.8) is 0 Å². The normalized spacial score (nSPS) is 20.0. The van der Waals surface area contributed by atoms with Gasteiger partial charge in [0.2, 0.25) is 11.9 Å². The van der Waals surface area contributed by atoms with E-state index < -0.39 is 0 Å². The Morgan fingerprint density at radius 3 is 2.74 bits per heavy atom. The molecule has 2 aliphatic heterocycles. The Labute approximate surface area is 207 Å². The summed E-state index contributed by atoms with van der Waals surface area (Å²) in [6.07, 6.45) is 6.19. The zero-order chi connectivity index (χ0) is 24.8. The fourth-order valence-corrected chi connectivity index (χ4v) is 4.96. The number of anilines is 1. The van der Waals surface area contributed by atoms with Crippen molar-refractivity contribution in [3.05, 3.63) is 47.3 Å². The summed E-state index contributed by atoms with van der Waals surface area (Å²) >= 11 is 0. The number of aryl methyl sites for hydroxylation is 1. The second-order valence-electron chi connectivity index (χ2n) is 9.86. The Bertz CT molecular complexity index is 1040. The van der Waals surface area contributed by atoms with E-state index >= 15 is 0 Å². The minimum atomic E-state index is -0.217. The molecule has 1 fully saturated rings. The van der Waals surface area contributed by atoms with Gasteiger partial charge in [0.15, 0.2) is 0 Å². The molecule has 8 nitrogen and oxygen atoms in total. The Morgan fingerprint density at radius 2 is 1.91 bits per heavy atom. The maximum atomic E-state index is 13.4. The van der Waals surface area contributed by atoms with Crippen LogP contribution in [-0.4, -0.2) is 63.9 Å². The molecule has 2 amide bonds. The lowest BCUT2D eigenvalue weighted by molar-refractivity contribution is -0.135. The summed E-state index contributed by atoms with van der Waals surface area (Å²) in [5.41, 5.74) is 8.12. The molecule has 1 saturated heterocycles. The van der Waals surface area contributed by atoms with Gasteiger partial charge in [-0.05, 0) is 68.2 Å². The van der Waals surface area contributed by atoms with Crippen molar-refractivity contribution in [3.8, 4) is 5.75 Å². The van der Waals surface area contributed by atoms with Crippen LogP contribution in [0.1, 0.15) is 80.0 Å². The number of amides is 2. The van der Waals surface area contributed by atoms with Gasteiger partial charge in [0, 0.05) is 31.2 Å². The van der Waals surface area contributed by atoms with E-state index in [0.29, 0.717) is 32.5 Å². The number of nitrogens with two attached hydrogens (primary N) is 1. The van der Waals surface area contributed by atoms with E-state index in [1.807, 2.05) is 26.0 Å². The van der Waals surface area contributed by atoms with E-state index in [1.165, 1.54) is 12.0 Å². The van der Waals surface area contributed by atoms with Crippen LogP contribution < -0.4 is 10.5 Å². The molecule has 0 radical (unpaired) electrons. The molecule has 0 aliphatic carbocycles. The quantitative estimate of drug-likeness (QED) is 0.703. The summed E-state index contributed by atoms with van der Waals surface area (Å²) < 4.78 is 6.02. The number of carbonyl (C=O) groups excluding carboxylic acids is 2. The number of benzene rings is 1. The standard InChI is InChI=1S/C27H37N5O3/c1-19(2)23-18-24(30-27(28)29-23)26(34)31-13-6-10-25(33)32-14-4-3-8-21(32)12-11-20-7-5-9-22(17-20)35-16-15-31/h5,7,9,17-19,21H,3-4,6,8,10-16H2,1-2H3,(H2,28,29,30). The van der Waals surface area contributed by atoms with Crippen molar-refractivity contribution in [2.75, 3.05) is 32.0 Å². The number of hydrogen-bond donors (Lipinski definition) is 1. The highest BCUT2D eigenvalue weighted by Gasteiger charge is 2.27. The van der Waals surface area contributed by atoms with Crippen LogP contribution in [0.3, 0.4) is 0 Å². The molecule has 35 heavy (non-hydrogen) atoms. The average Bonchev–Trinajstić information content (AvgIpc) is 2.86. The lowest BCUT2D eigenvalue weighted by atomic mass is 9.95. The monoisotopic (exact) mass is 479 g/mol. The van der Waals surface area contributed by atoms with E-state index in [-0.39, 0.29) is 35.4 Å². The van der Waals surface area contributed by atoms with Crippen LogP contribution in [-0.2, 0) is 11.2 Å². The Kier molecular flexibility index (Phi) is 8.21. The summed E-state index contributed by atoms with van der Waals surface area (Å²) in [6.45, 7) is 6.03. The number of carbonyl (C=O) groups is 2. The molecule has 1 aromatic carbocycles. The highest BCUT2D eigenvalue weighted by atomic mass is 16.5. The minimum absolute atomic E-state index is 0.0947. The van der Waals surface area contributed by atoms with Crippen molar-refractivity contribution in [2.45, 2.75) is 70.8 Å². The van der Waals surface area contributed by atoms with Crippen molar-refractivity contribution < 1.29 is 14.3 Å². The van der Waals surface area contributed by atoms with Gasteiger partial charge < -0.3 is 20.3 Å². The van der Waals surface area contributed by atoms with Crippen molar-refractivity contribution in [1.29, 1.82) is 0 Å². The second kappa shape index (κ2) is 11.5. The van der Waals surface area contributed by atoms with Gasteiger partial charge in [-0.1, -0.05) is 26.0 Å². The molecule has 2 N–H and O–H groups in total. The molecule has 188 valence electrons. The number of rotatable bonds is 2. The predicted octanol–water partition coefficient (Wildman–Crippen LogP) is 3.81. The van der Waals surface area contributed by atoms with Crippen molar-refractivity contribution in [1.82, 2.24) is 19.8 Å². The number of nitrogen functional groups attached to an aromatic ring is 1. The van der Waals surface area contributed by atoms with Gasteiger partial charge in [-0.25, -0.2) is 9.97 Å². The van der Waals surface area contributed by atoms with Crippen LogP contribution in [0, 0.1) is 0 Å². The van der Waals surface area contributed by atoms with Gasteiger partial charge in [-0.15, -0.1) is 0 Å². The SMILES string of the molecule is CC(C)c1cc(C(=O)N2CCCC(=O)N3CCCCC3CCc3cccc(c3)OCC2)nc(N)n1. The largest absolute Gasteiger partial charge is 0.492 e. The smallest absolute Gasteiger partial charge is 0.272 e. The van der Waals surface area contributed by atoms with Crippen molar-refractivity contribution in [2.24, 2.45) is 0 Å². The summed E-state index contributed by atoms with van der Waals surface area (Å²) in [6, 6.07) is 10.1. The molecule has 1 atom stereocenters. The maximum Gasteiger partial charge on any atom is 0.272 e. The van der Waals surface area contributed by atoms with Crippen LogP contribution in [0.15, 0.2) is 30.3 Å². The molecule has 4 rings (SSSR count). The number of aromatic nitrogens is 2. The minimum Gasteiger partial charge on any atom is -0.492 e. The number of ether oxygens (including phenoxy) is 1. The summed E-state index contributed by atoms with van der Waals surface area (Å²) in [5, 5.41) is 0. The highest BCUT2D eigenvalue weighted by Crippen LogP contribution is 2.24. The summed E-state index contributed by atoms with van der Waals surface area (Å²) in [4.78, 5) is 38.8. The lowest BCUT2D eigenvalue weighted by Crippen LogP contribution is -2.44. The van der Waals surface area contributed by atoms with E-state index in [2.05, 4.69) is 27.0 Å². The highest BCUT2D eigenvalue weighted by molar-refractivity contribution is 5.92. The molecular formula is C27H37N5O3. The van der Waals surface area contributed by atoms with Gasteiger partial charge >= 0.3 is 0 Å². The summed E-state index contributed by atoms with van der Waals surface area (Å²) in [5.74, 6) is 0.994. The predicted molar refractivity (Wildman–Crippen MR) is 135 cm³/mol. The van der Waals surface area contributed by atoms with E-state index in [9.17, 15) is 9.59 Å². The van der Waals surface area contributed by atoms with Crippen LogP contribution in [0.4, 0.5) is 5.95 Å². The Morgan fingerprint density at radius 1 is 1.06 bits per heavy atom. The molecule has 8 heteroatoms. The number of hydrogen-bond acceptors (Lipinski definition) is 6. The van der Waals surface area contributed by atoms with E-state index in [1.54, 1.807) is 11.0 Å². The first-order valence-electron chi connectivity index (χ1n) is 12.9. The third-order valence-corrected chi connectivity index (χ3v) is 6.92. The van der Waals surface area contributed by atoms with Gasteiger partial charge in [-0.2, -0.15) is 0 Å². The maximum absolute atomic E-state index is 13.4. The van der Waals surface area contributed by atoms with E-state index in [4.69, 9.17) is 10.5 Å². The molecular weight excluding hydrogens is 442 g/mol. The Balaban J connectivity index is 1.55. The first kappa shape index (κ1) is 24.9. The second-order valence-corrected chi connectivity index (χ2v) is 9.86. The number of nitrogens with zero attached hydrogens (tertiary/aromatic N) is 4. The molecule has 1 aromatic heterocycles. The number of fused-ring (bicyclic) bond motifs is 3. The first-order valence-corrected chi connectivity index (χ1v) is 12.9. The van der Waals surface area contributed by atoms with Crippen LogP contribution in [0.25, 0.3) is 0 Å². The molecule has 3 heterocycles. The van der Waals surface area contributed by atoms with Crippen LogP contribution in [0.2, 0.25) is 0 Å². The fourth-order valence-electron chi connectivity index (χ4n) is 4.96. The molecule has 1 unspecified atom stereocenters. The first-order chi connectivity index (χ1) is 16.9. The van der Waals surface area contributed by atoms with Crippen LogP contribution in [0.5, 0.6) is 5.75 Å². The lowest BCUT2D eigenvalue weighted by Gasteiger charge is -2.36. The molecule has 0 saturated carbocycles. The topological polar surface area (TPSA) is 102 Å². The van der Waals surface area contributed by atoms with Crippen molar-refractivity contribution >= 4 is 17.8 Å². The van der Waals surface area contributed by atoms with Gasteiger partial charge in [0.1, 0.15) is 18.1 Å². The van der Waals surface area contributed by atoms with Gasteiger partial charge in [-0.3, -0.25) is 9.59 Å².